The van der Waals surface area contributed by atoms with Gasteiger partial charge in [0.05, 0.1) is 47.1 Å². The van der Waals surface area contributed by atoms with E-state index >= 15 is 0 Å². The molecule has 0 saturated carbocycles. The van der Waals surface area contributed by atoms with Crippen LogP contribution in [0.15, 0.2) is 61.9 Å². The third-order valence-corrected chi connectivity index (χ3v) is 7.76. The van der Waals surface area contributed by atoms with Crippen LogP contribution in [0.5, 0.6) is 11.5 Å². The van der Waals surface area contributed by atoms with Gasteiger partial charge in [-0.25, -0.2) is 9.79 Å². The summed E-state index contributed by atoms with van der Waals surface area (Å²) in [4.78, 5) is 32.0. The van der Waals surface area contributed by atoms with Gasteiger partial charge in [-0.05, 0) is 70.6 Å². The monoisotopic (exact) mass is 584 g/mol. The minimum Gasteiger partial charge on any atom is -0.493 e. The second-order valence-electron chi connectivity index (χ2n) is 8.86. The topological polar surface area (TPSA) is 79.1 Å². The minimum absolute atomic E-state index is 0.229. The van der Waals surface area contributed by atoms with Gasteiger partial charge in [0.2, 0.25) is 0 Å². The van der Waals surface area contributed by atoms with Gasteiger partial charge in [-0.2, -0.15) is 0 Å². The summed E-state index contributed by atoms with van der Waals surface area (Å²) in [5.74, 6) is 0.999. The zero-order chi connectivity index (χ0) is 26.9. The second-order valence-corrected chi connectivity index (χ2v) is 10.7. The predicted octanol–water partition coefficient (Wildman–Crippen LogP) is 4.70. The third kappa shape index (κ3) is 5.15. The number of rotatable bonds is 7. The molecule has 0 fully saturated rings. The smallest absolute Gasteiger partial charge is 0.338 e. The highest BCUT2D eigenvalue weighted by atomic mass is 79.9. The van der Waals surface area contributed by atoms with Gasteiger partial charge in [0.25, 0.3) is 5.56 Å². The first-order valence-corrected chi connectivity index (χ1v) is 13.5. The first-order valence-electron chi connectivity index (χ1n) is 11.9. The van der Waals surface area contributed by atoms with Crippen molar-refractivity contribution in [3.8, 4) is 11.5 Å². The summed E-state index contributed by atoms with van der Waals surface area (Å²) in [6, 6.07) is 11.0. The van der Waals surface area contributed by atoms with Crippen LogP contribution in [0.25, 0.3) is 6.08 Å². The van der Waals surface area contributed by atoms with E-state index in [1.54, 1.807) is 44.8 Å². The standard InChI is InChI=1S/C28H29BrN2O5S/c1-7-36-27(33)23-16(4)30-28-31(24(23)19-10-8-18(9-11-19)15(2)3)26(32)22(37-28)14-17-12-20(29)25(35-6)21(13-17)34-5/h8-15,24H,7H2,1-6H3/b22-14-. The Morgan fingerprint density at radius 1 is 1.19 bits per heavy atom. The van der Waals surface area contributed by atoms with Crippen molar-refractivity contribution in [3.63, 3.8) is 0 Å². The first-order chi connectivity index (χ1) is 17.7. The summed E-state index contributed by atoms with van der Waals surface area (Å²) in [6.07, 6.45) is 1.79. The molecule has 9 heteroatoms. The van der Waals surface area contributed by atoms with Gasteiger partial charge >= 0.3 is 5.97 Å². The molecule has 1 aliphatic rings. The molecule has 4 rings (SSSR count). The van der Waals surface area contributed by atoms with Crippen molar-refractivity contribution in [2.45, 2.75) is 39.7 Å². The van der Waals surface area contributed by atoms with Crippen LogP contribution >= 0.6 is 27.3 Å². The maximum absolute atomic E-state index is 13.8. The number of hydrogen-bond acceptors (Lipinski definition) is 7. The van der Waals surface area contributed by atoms with Crippen LogP contribution in [0.3, 0.4) is 0 Å². The Balaban J connectivity index is 1.93. The number of thiazole rings is 1. The molecule has 0 aliphatic carbocycles. The van der Waals surface area contributed by atoms with E-state index in [0.717, 1.165) is 11.1 Å². The number of esters is 1. The number of aromatic nitrogens is 1. The van der Waals surface area contributed by atoms with E-state index in [0.29, 0.717) is 42.5 Å². The maximum Gasteiger partial charge on any atom is 0.338 e. The average Bonchev–Trinajstić information content (AvgIpc) is 3.17. The molecule has 0 amide bonds. The lowest BCUT2D eigenvalue weighted by Gasteiger charge is -2.25. The Bertz CT molecular complexity index is 1550. The molecule has 0 saturated heterocycles. The Kier molecular flexibility index (Phi) is 8.04. The summed E-state index contributed by atoms with van der Waals surface area (Å²) in [5, 5.41) is 0. The fourth-order valence-electron chi connectivity index (χ4n) is 4.34. The van der Waals surface area contributed by atoms with Crippen LogP contribution in [0, 0.1) is 0 Å². The molecule has 2 aromatic carbocycles. The number of hydrogen-bond donors (Lipinski definition) is 0. The van der Waals surface area contributed by atoms with E-state index in [2.05, 4.69) is 34.8 Å². The maximum atomic E-state index is 13.8. The van der Waals surface area contributed by atoms with Crippen molar-refractivity contribution in [1.29, 1.82) is 0 Å². The van der Waals surface area contributed by atoms with E-state index in [9.17, 15) is 9.59 Å². The summed E-state index contributed by atoms with van der Waals surface area (Å²) in [7, 11) is 3.13. The van der Waals surface area contributed by atoms with E-state index in [4.69, 9.17) is 14.2 Å². The molecule has 7 nitrogen and oxygen atoms in total. The molecule has 0 radical (unpaired) electrons. The lowest BCUT2D eigenvalue weighted by Crippen LogP contribution is -2.39. The van der Waals surface area contributed by atoms with Crippen molar-refractivity contribution >= 4 is 39.3 Å². The van der Waals surface area contributed by atoms with Crippen molar-refractivity contribution < 1.29 is 19.0 Å². The molecule has 1 aliphatic heterocycles. The first kappa shape index (κ1) is 26.9. The zero-order valence-corrected chi connectivity index (χ0v) is 24.0. The molecule has 1 unspecified atom stereocenters. The van der Waals surface area contributed by atoms with E-state index < -0.39 is 12.0 Å². The number of allylic oxidation sites excluding steroid dienone is 1. The van der Waals surface area contributed by atoms with Crippen LogP contribution in [-0.4, -0.2) is 31.4 Å². The Hall–Kier alpha value is -3.17. The van der Waals surface area contributed by atoms with Gasteiger partial charge in [0, 0.05) is 0 Å². The van der Waals surface area contributed by atoms with Crippen LogP contribution in [-0.2, 0) is 9.53 Å². The molecular weight excluding hydrogens is 556 g/mol. The fourth-order valence-corrected chi connectivity index (χ4v) is 6.01. The van der Waals surface area contributed by atoms with E-state index in [1.165, 1.54) is 16.9 Å². The van der Waals surface area contributed by atoms with Gasteiger partial charge in [-0.15, -0.1) is 0 Å². The van der Waals surface area contributed by atoms with Crippen LogP contribution in [0.4, 0.5) is 0 Å². The van der Waals surface area contributed by atoms with Crippen molar-refractivity contribution in [1.82, 2.24) is 4.57 Å². The second kappa shape index (κ2) is 11.1. The van der Waals surface area contributed by atoms with Gasteiger partial charge in [-0.3, -0.25) is 9.36 Å². The largest absolute Gasteiger partial charge is 0.493 e. The number of halogens is 1. The van der Waals surface area contributed by atoms with Crippen molar-refractivity contribution in [2.24, 2.45) is 4.99 Å². The molecule has 0 N–H and O–H groups in total. The Morgan fingerprint density at radius 2 is 1.89 bits per heavy atom. The molecule has 2 heterocycles. The molecule has 194 valence electrons. The van der Waals surface area contributed by atoms with Gasteiger partial charge in [-0.1, -0.05) is 49.4 Å². The summed E-state index contributed by atoms with van der Waals surface area (Å²) in [5.41, 5.74) is 3.43. The van der Waals surface area contributed by atoms with E-state index in [1.807, 2.05) is 30.3 Å². The minimum atomic E-state index is -0.643. The van der Waals surface area contributed by atoms with Crippen molar-refractivity contribution in [3.05, 3.63) is 88.5 Å². The van der Waals surface area contributed by atoms with Gasteiger partial charge in [0.15, 0.2) is 16.3 Å². The normalized spacial score (nSPS) is 15.5. The summed E-state index contributed by atoms with van der Waals surface area (Å²) >= 11 is 4.79. The van der Waals surface area contributed by atoms with Crippen LogP contribution < -0.4 is 24.4 Å². The number of fused-ring (bicyclic) bond motifs is 1. The summed E-state index contributed by atoms with van der Waals surface area (Å²) in [6.45, 7) is 8.02. The molecule has 0 spiro atoms. The lowest BCUT2D eigenvalue weighted by molar-refractivity contribution is -0.139. The third-order valence-electron chi connectivity index (χ3n) is 6.19. The number of benzene rings is 2. The number of methoxy groups -OCH3 is 2. The number of carbonyl (C=O) groups excluding carboxylic acids is 1. The molecule has 3 aromatic rings. The SMILES string of the molecule is CCOC(=O)C1=C(C)N=c2s/c(=C\c3cc(Br)c(OC)c(OC)c3)c(=O)n2C1c1ccc(C(C)C)cc1. The summed E-state index contributed by atoms with van der Waals surface area (Å²) < 4.78 is 19.0. The highest BCUT2D eigenvalue weighted by molar-refractivity contribution is 9.10. The fraction of sp³-hybridized carbons (Fsp3) is 0.321. The van der Waals surface area contributed by atoms with Crippen molar-refractivity contribution in [2.75, 3.05) is 20.8 Å². The lowest BCUT2D eigenvalue weighted by atomic mass is 9.93. The van der Waals surface area contributed by atoms with Crippen LogP contribution in [0.1, 0.15) is 56.3 Å². The molecule has 1 atom stereocenters. The van der Waals surface area contributed by atoms with Crippen LogP contribution in [0.2, 0.25) is 0 Å². The molecule has 37 heavy (non-hydrogen) atoms. The zero-order valence-electron chi connectivity index (χ0n) is 21.6. The molecule has 0 bridgehead atoms. The number of ether oxygens (including phenoxy) is 3. The predicted molar refractivity (Wildman–Crippen MR) is 148 cm³/mol. The Morgan fingerprint density at radius 3 is 2.49 bits per heavy atom. The Labute approximate surface area is 227 Å². The number of nitrogens with zero attached hydrogens (tertiary/aromatic N) is 2. The highest BCUT2D eigenvalue weighted by Crippen LogP contribution is 2.36. The van der Waals surface area contributed by atoms with E-state index in [-0.39, 0.29) is 12.2 Å². The number of carbonyl (C=O) groups is 1. The average molecular weight is 586 g/mol. The molecule has 1 aromatic heterocycles. The van der Waals surface area contributed by atoms with Gasteiger partial charge in [0.1, 0.15) is 0 Å². The molecular formula is C28H29BrN2O5S. The van der Waals surface area contributed by atoms with Gasteiger partial charge < -0.3 is 14.2 Å². The quantitative estimate of drug-likeness (QED) is 0.376. The highest BCUT2D eigenvalue weighted by Gasteiger charge is 2.33.